The summed E-state index contributed by atoms with van der Waals surface area (Å²) in [7, 11) is 0. The quantitative estimate of drug-likeness (QED) is 0.414. The van der Waals surface area contributed by atoms with Gasteiger partial charge < -0.3 is 0 Å². The molecule has 2 heterocycles. The minimum atomic E-state index is -0.0198. The van der Waals surface area contributed by atoms with Crippen molar-refractivity contribution in [3.8, 4) is 0 Å². The Balaban J connectivity index is 2.89. The first-order valence-corrected chi connectivity index (χ1v) is 3.87. The van der Waals surface area contributed by atoms with Gasteiger partial charge >= 0.3 is 0 Å². The summed E-state index contributed by atoms with van der Waals surface area (Å²) in [6, 6.07) is 0. The number of hydrogen-bond acceptors (Lipinski definition) is 5. The van der Waals surface area contributed by atoms with Crippen LogP contribution in [0.3, 0.4) is 0 Å². The van der Waals surface area contributed by atoms with Gasteiger partial charge in [-0.3, -0.25) is 0 Å². The summed E-state index contributed by atoms with van der Waals surface area (Å²) in [5, 5.41) is 2.67. The van der Waals surface area contributed by atoms with Crippen LogP contribution in [0.15, 0.2) is 11.6 Å². The number of hydrogen-bond donors (Lipinski definition) is 0. The average Bonchev–Trinajstić information content (AvgIpc) is 2.47. The van der Waals surface area contributed by atoms with Crippen LogP contribution in [-0.4, -0.2) is 19.6 Å². The molecule has 0 aliphatic heterocycles. The fourth-order valence-corrected chi connectivity index (χ4v) is 1.37. The van der Waals surface area contributed by atoms with Crippen LogP contribution in [0, 0.1) is 4.91 Å². The second-order valence-corrected chi connectivity index (χ2v) is 2.82. The Morgan fingerprint density at radius 3 is 2.85 bits per heavy atom. The lowest BCUT2D eigenvalue weighted by atomic mass is 10.6. The maximum absolute atomic E-state index is 10.2. The highest BCUT2D eigenvalue weighted by molar-refractivity contribution is 6.35. The van der Waals surface area contributed by atoms with Gasteiger partial charge in [0.05, 0.1) is 5.29 Å². The van der Waals surface area contributed by atoms with Crippen LogP contribution < -0.4 is 0 Å². The number of halogens is 2. The van der Waals surface area contributed by atoms with E-state index in [1.807, 2.05) is 0 Å². The molecule has 8 heteroatoms. The van der Waals surface area contributed by atoms with E-state index in [0.717, 1.165) is 4.68 Å². The molecular formula is C5HCl2N5O. The van der Waals surface area contributed by atoms with E-state index in [2.05, 4.69) is 20.2 Å². The molecule has 0 bridgehead atoms. The van der Waals surface area contributed by atoms with Crippen LogP contribution in [0.2, 0.25) is 10.4 Å². The zero-order valence-corrected chi connectivity index (χ0v) is 7.49. The topological polar surface area (TPSA) is 73.0 Å². The minimum absolute atomic E-state index is 0.0198. The van der Waals surface area contributed by atoms with Crippen molar-refractivity contribution in [3.63, 3.8) is 0 Å². The summed E-state index contributed by atoms with van der Waals surface area (Å²) in [6.45, 7) is 0. The van der Waals surface area contributed by atoms with Crippen LogP contribution >= 0.6 is 23.2 Å². The molecule has 2 aromatic heterocycles. The Labute approximate surface area is 81.5 Å². The van der Waals surface area contributed by atoms with Gasteiger partial charge in [0.1, 0.15) is 6.33 Å². The Hall–Kier alpha value is -1.27. The minimum Gasteiger partial charge on any atom is -0.215 e. The highest BCUT2D eigenvalue weighted by Gasteiger charge is 2.11. The lowest BCUT2D eigenvalue weighted by Gasteiger charge is -1.93. The molecule has 0 radical (unpaired) electrons. The number of imidazole rings is 1. The summed E-state index contributed by atoms with van der Waals surface area (Å²) >= 11 is 11.2. The number of fused-ring (bicyclic) bond motifs is 1. The Bertz CT molecular complexity index is 481. The molecular weight excluding hydrogens is 217 g/mol. The van der Waals surface area contributed by atoms with E-state index in [0.29, 0.717) is 0 Å². The Kier molecular flexibility index (Phi) is 1.86. The van der Waals surface area contributed by atoms with Crippen molar-refractivity contribution in [3.05, 3.63) is 21.7 Å². The molecule has 2 rings (SSSR count). The van der Waals surface area contributed by atoms with E-state index >= 15 is 0 Å². The predicted octanol–water partition coefficient (Wildman–Crippen LogP) is 1.66. The van der Waals surface area contributed by atoms with Gasteiger partial charge in [0.2, 0.25) is 5.28 Å². The van der Waals surface area contributed by atoms with Crippen molar-refractivity contribution < 1.29 is 0 Å². The van der Waals surface area contributed by atoms with E-state index < -0.39 is 0 Å². The highest BCUT2D eigenvalue weighted by Crippen LogP contribution is 2.20. The molecule has 0 aliphatic carbocycles. The predicted molar refractivity (Wildman–Crippen MR) is 46.5 cm³/mol. The Morgan fingerprint density at radius 1 is 1.38 bits per heavy atom. The van der Waals surface area contributed by atoms with Crippen LogP contribution in [0.5, 0.6) is 0 Å². The molecule has 13 heavy (non-hydrogen) atoms. The fraction of sp³-hybridized carbons (Fsp3) is 0. The van der Waals surface area contributed by atoms with Gasteiger partial charge in [0.25, 0.3) is 0 Å². The second-order valence-electron chi connectivity index (χ2n) is 2.13. The third-order valence-electron chi connectivity index (χ3n) is 1.40. The van der Waals surface area contributed by atoms with Gasteiger partial charge in [-0.15, -0.1) is 4.91 Å². The third-order valence-corrected chi connectivity index (χ3v) is 1.83. The number of rotatable bonds is 1. The summed E-state index contributed by atoms with van der Waals surface area (Å²) < 4.78 is 0.938. The molecule has 2 aromatic rings. The second kappa shape index (κ2) is 2.90. The van der Waals surface area contributed by atoms with Crippen molar-refractivity contribution in [2.75, 3.05) is 0 Å². The molecule has 0 aromatic carbocycles. The normalized spacial score (nSPS) is 10.6. The summed E-state index contributed by atoms with van der Waals surface area (Å²) in [6.07, 6.45) is 1.19. The summed E-state index contributed by atoms with van der Waals surface area (Å²) in [5.74, 6) is 0. The smallest absolute Gasteiger partial charge is 0.215 e. The molecule has 0 saturated carbocycles. The van der Waals surface area contributed by atoms with Gasteiger partial charge in [-0.1, -0.05) is 11.6 Å². The van der Waals surface area contributed by atoms with Crippen LogP contribution in [-0.2, 0) is 0 Å². The number of nitroso groups, excluding NO2 is 1. The molecule has 0 fully saturated rings. The molecule has 0 saturated heterocycles. The van der Waals surface area contributed by atoms with Gasteiger partial charge in [0.15, 0.2) is 16.3 Å². The summed E-state index contributed by atoms with van der Waals surface area (Å²) in [4.78, 5) is 21.4. The molecule has 0 amide bonds. The standard InChI is InChI=1S/C5HCl2N5O/c6-3-2-4(10-5(7)9-3)8-1-12(2)11-13/h1H. The van der Waals surface area contributed by atoms with E-state index in [9.17, 15) is 4.91 Å². The molecule has 0 unspecified atom stereocenters. The molecule has 66 valence electrons. The van der Waals surface area contributed by atoms with Crippen molar-refractivity contribution >= 4 is 34.4 Å². The maximum atomic E-state index is 10.2. The van der Waals surface area contributed by atoms with Crippen molar-refractivity contribution in [2.24, 2.45) is 5.29 Å². The monoisotopic (exact) mass is 217 g/mol. The highest BCUT2D eigenvalue weighted by atomic mass is 35.5. The fourth-order valence-electron chi connectivity index (χ4n) is 0.908. The SMILES string of the molecule is O=Nn1cnc2nc(Cl)nc(Cl)c21. The van der Waals surface area contributed by atoms with Crippen LogP contribution in [0.25, 0.3) is 11.2 Å². The number of aromatic nitrogens is 4. The van der Waals surface area contributed by atoms with Gasteiger partial charge in [0, 0.05) is 0 Å². The van der Waals surface area contributed by atoms with Crippen molar-refractivity contribution in [1.82, 2.24) is 19.6 Å². The van der Waals surface area contributed by atoms with E-state index in [1.54, 1.807) is 0 Å². The van der Waals surface area contributed by atoms with Gasteiger partial charge in [-0.25, -0.2) is 9.97 Å². The largest absolute Gasteiger partial charge is 0.225 e. The van der Waals surface area contributed by atoms with Crippen molar-refractivity contribution in [1.29, 1.82) is 0 Å². The molecule has 0 aliphatic rings. The first-order valence-electron chi connectivity index (χ1n) is 3.12. The Morgan fingerprint density at radius 2 is 2.15 bits per heavy atom. The van der Waals surface area contributed by atoms with E-state index in [-0.39, 0.29) is 21.6 Å². The van der Waals surface area contributed by atoms with Gasteiger partial charge in [-0.2, -0.15) is 9.66 Å². The third kappa shape index (κ3) is 1.24. The molecule has 0 atom stereocenters. The maximum Gasteiger partial charge on any atom is 0.225 e. The first kappa shape index (κ1) is 8.33. The van der Waals surface area contributed by atoms with Crippen LogP contribution in [0.1, 0.15) is 0 Å². The van der Waals surface area contributed by atoms with E-state index in [4.69, 9.17) is 23.2 Å². The zero-order valence-electron chi connectivity index (χ0n) is 5.98. The lowest BCUT2D eigenvalue weighted by Crippen LogP contribution is -1.89. The van der Waals surface area contributed by atoms with Crippen molar-refractivity contribution in [2.45, 2.75) is 0 Å². The first-order chi connectivity index (χ1) is 6.22. The molecule has 0 spiro atoms. The number of nitrogens with zero attached hydrogens (tertiary/aromatic N) is 5. The summed E-state index contributed by atoms with van der Waals surface area (Å²) in [5.41, 5.74) is 0.491. The average molecular weight is 218 g/mol. The zero-order chi connectivity index (χ0) is 9.42. The van der Waals surface area contributed by atoms with Crippen LogP contribution in [0.4, 0.5) is 0 Å². The van der Waals surface area contributed by atoms with E-state index in [1.165, 1.54) is 6.33 Å². The molecule has 6 nitrogen and oxygen atoms in total. The molecule has 0 N–H and O–H groups in total. The van der Waals surface area contributed by atoms with Gasteiger partial charge in [-0.05, 0) is 11.6 Å². The lowest BCUT2D eigenvalue weighted by molar-refractivity contribution is 0.894.